The van der Waals surface area contributed by atoms with Crippen molar-refractivity contribution < 1.29 is 9.84 Å². The van der Waals surface area contributed by atoms with Crippen LogP contribution in [-0.2, 0) is 12.0 Å². The molecule has 5 nitrogen and oxygen atoms in total. The largest absolute Gasteiger partial charge is 0.504 e. The van der Waals surface area contributed by atoms with Crippen LogP contribution >= 0.6 is 11.6 Å². The summed E-state index contributed by atoms with van der Waals surface area (Å²) < 4.78 is 5.08. The van der Waals surface area contributed by atoms with Crippen molar-refractivity contribution in [3.8, 4) is 11.5 Å². The van der Waals surface area contributed by atoms with Crippen molar-refractivity contribution in [2.45, 2.75) is 31.7 Å². The Kier molecular flexibility index (Phi) is 6.11. The molecular weight excluding hydrogens is 362 g/mol. The Hall–Kier alpha value is -2.40. The lowest BCUT2D eigenvalue weighted by molar-refractivity contribution is 0.373. The molecule has 1 aliphatic carbocycles. The predicted molar refractivity (Wildman–Crippen MR) is 110 cm³/mol. The number of methoxy groups -OCH3 is 1. The highest BCUT2D eigenvalue weighted by Gasteiger charge is 2.44. The molecule has 0 unspecified atom stereocenters. The van der Waals surface area contributed by atoms with Crippen molar-refractivity contribution in [1.82, 2.24) is 10.6 Å². The second kappa shape index (κ2) is 8.53. The zero-order valence-corrected chi connectivity index (χ0v) is 16.5. The molecule has 1 fully saturated rings. The van der Waals surface area contributed by atoms with Crippen LogP contribution in [0.25, 0.3) is 0 Å². The Balaban J connectivity index is 1.65. The number of aromatic hydroxyl groups is 1. The lowest BCUT2D eigenvalue weighted by Gasteiger charge is -2.19. The van der Waals surface area contributed by atoms with E-state index in [1.54, 1.807) is 12.1 Å². The molecule has 3 rings (SSSR count). The Morgan fingerprint density at radius 2 is 2.04 bits per heavy atom. The molecule has 1 saturated carbocycles. The standard InChI is InChI=1S/C21H26ClN3O2/c1-3-23-20(24-13-15-7-8-19(27-2)18(26)11-15)25-14-21(9-10-21)16-5-4-6-17(22)12-16/h4-8,11-12,26H,3,9-10,13-14H2,1-2H3,(H2,23,24,25). The number of aliphatic imine (C=N–C) groups is 1. The minimum Gasteiger partial charge on any atom is -0.504 e. The van der Waals surface area contributed by atoms with Crippen LogP contribution < -0.4 is 15.4 Å². The van der Waals surface area contributed by atoms with Gasteiger partial charge in [-0.25, -0.2) is 4.99 Å². The summed E-state index contributed by atoms with van der Waals surface area (Å²) in [5.41, 5.74) is 2.33. The number of hydrogen-bond donors (Lipinski definition) is 3. The molecule has 0 saturated heterocycles. The highest BCUT2D eigenvalue weighted by atomic mass is 35.5. The number of nitrogens with zero attached hydrogens (tertiary/aromatic N) is 1. The van der Waals surface area contributed by atoms with Crippen molar-refractivity contribution in [2.24, 2.45) is 4.99 Å². The van der Waals surface area contributed by atoms with E-state index >= 15 is 0 Å². The molecule has 0 heterocycles. The third-order valence-corrected chi connectivity index (χ3v) is 5.13. The van der Waals surface area contributed by atoms with Gasteiger partial charge >= 0.3 is 0 Å². The minimum absolute atomic E-state index is 0.126. The fourth-order valence-electron chi connectivity index (χ4n) is 3.14. The molecule has 1 aliphatic rings. The lowest BCUT2D eigenvalue weighted by Crippen LogP contribution is -2.41. The first-order valence-electron chi connectivity index (χ1n) is 9.20. The van der Waals surface area contributed by atoms with Crippen LogP contribution in [0.2, 0.25) is 5.02 Å². The molecule has 0 aromatic heterocycles. The fourth-order valence-corrected chi connectivity index (χ4v) is 3.33. The van der Waals surface area contributed by atoms with Crippen molar-refractivity contribution in [2.75, 3.05) is 20.2 Å². The van der Waals surface area contributed by atoms with Crippen molar-refractivity contribution >= 4 is 17.6 Å². The van der Waals surface area contributed by atoms with E-state index in [4.69, 9.17) is 16.3 Å². The molecule has 0 bridgehead atoms. The second-order valence-electron chi connectivity index (χ2n) is 6.85. The summed E-state index contributed by atoms with van der Waals surface area (Å²) in [5.74, 6) is 1.35. The summed E-state index contributed by atoms with van der Waals surface area (Å²) in [6, 6.07) is 13.4. The van der Waals surface area contributed by atoms with Crippen LogP contribution in [0, 0.1) is 0 Å². The molecule has 0 radical (unpaired) electrons. The highest BCUT2D eigenvalue weighted by molar-refractivity contribution is 6.30. The van der Waals surface area contributed by atoms with Gasteiger partial charge in [-0.2, -0.15) is 0 Å². The Morgan fingerprint density at radius 1 is 1.22 bits per heavy atom. The van der Waals surface area contributed by atoms with E-state index in [1.165, 1.54) is 12.7 Å². The average Bonchev–Trinajstić information content (AvgIpc) is 3.45. The molecule has 0 amide bonds. The number of phenols is 1. The van der Waals surface area contributed by atoms with Gasteiger partial charge in [0, 0.05) is 23.5 Å². The van der Waals surface area contributed by atoms with Gasteiger partial charge in [-0.1, -0.05) is 29.8 Å². The van der Waals surface area contributed by atoms with Gasteiger partial charge in [-0.15, -0.1) is 0 Å². The van der Waals surface area contributed by atoms with Crippen molar-refractivity contribution in [3.05, 3.63) is 58.6 Å². The van der Waals surface area contributed by atoms with Crippen LogP contribution in [-0.4, -0.2) is 31.3 Å². The molecule has 144 valence electrons. The maximum Gasteiger partial charge on any atom is 0.191 e. The van der Waals surface area contributed by atoms with Crippen LogP contribution in [0.5, 0.6) is 11.5 Å². The predicted octanol–water partition coefficient (Wildman–Crippen LogP) is 3.84. The molecule has 27 heavy (non-hydrogen) atoms. The summed E-state index contributed by atoms with van der Waals surface area (Å²) in [6.07, 6.45) is 2.29. The first-order chi connectivity index (χ1) is 13.1. The average molecular weight is 388 g/mol. The minimum atomic E-state index is 0.126. The molecule has 3 N–H and O–H groups in total. The SMILES string of the molecule is CCNC(=NCc1ccc(OC)c(O)c1)NCC1(c2cccc(Cl)c2)CC1. The quantitative estimate of drug-likeness (QED) is 0.499. The smallest absolute Gasteiger partial charge is 0.191 e. The van der Waals surface area contributed by atoms with E-state index in [1.807, 2.05) is 25.1 Å². The number of nitrogens with one attached hydrogen (secondary N) is 2. The Labute approximate surface area is 165 Å². The number of benzene rings is 2. The van der Waals surface area contributed by atoms with Crippen LogP contribution in [0.15, 0.2) is 47.5 Å². The number of ether oxygens (including phenoxy) is 1. The van der Waals surface area contributed by atoms with Gasteiger partial charge in [0.05, 0.1) is 13.7 Å². The zero-order valence-electron chi connectivity index (χ0n) is 15.8. The van der Waals surface area contributed by atoms with Gasteiger partial charge in [0.25, 0.3) is 0 Å². The molecule has 6 heteroatoms. The lowest BCUT2D eigenvalue weighted by atomic mass is 9.96. The third-order valence-electron chi connectivity index (χ3n) is 4.89. The first-order valence-corrected chi connectivity index (χ1v) is 9.58. The number of guanidine groups is 1. The maximum absolute atomic E-state index is 9.91. The van der Waals surface area contributed by atoms with Gasteiger partial charge < -0.3 is 20.5 Å². The van der Waals surface area contributed by atoms with Gasteiger partial charge in [-0.3, -0.25) is 0 Å². The van der Waals surface area contributed by atoms with E-state index in [0.717, 1.165) is 42.5 Å². The second-order valence-corrected chi connectivity index (χ2v) is 7.28. The van der Waals surface area contributed by atoms with Gasteiger partial charge in [0.2, 0.25) is 0 Å². The van der Waals surface area contributed by atoms with E-state index in [0.29, 0.717) is 12.3 Å². The van der Waals surface area contributed by atoms with Crippen molar-refractivity contribution in [1.29, 1.82) is 0 Å². The highest BCUT2D eigenvalue weighted by Crippen LogP contribution is 2.48. The summed E-state index contributed by atoms with van der Waals surface area (Å²) in [7, 11) is 1.54. The molecular formula is C21H26ClN3O2. The molecule has 0 aliphatic heterocycles. The van der Waals surface area contributed by atoms with E-state index in [-0.39, 0.29) is 11.2 Å². The van der Waals surface area contributed by atoms with E-state index in [2.05, 4.69) is 27.8 Å². The maximum atomic E-state index is 9.91. The number of rotatable bonds is 7. The molecule has 0 atom stereocenters. The Morgan fingerprint density at radius 3 is 2.67 bits per heavy atom. The van der Waals surface area contributed by atoms with Crippen LogP contribution in [0.1, 0.15) is 30.9 Å². The molecule has 2 aromatic rings. The van der Waals surface area contributed by atoms with Crippen LogP contribution in [0.3, 0.4) is 0 Å². The summed E-state index contributed by atoms with van der Waals surface area (Å²) in [4.78, 5) is 4.64. The normalized spacial score (nSPS) is 15.3. The Bertz CT molecular complexity index is 819. The van der Waals surface area contributed by atoms with Crippen LogP contribution in [0.4, 0.5) is 0 Å². The number of hydrogen-bond acceptors (Lipinski definition) is 3. The summed E-state index contributed by atoms with van der Waals surface area (Å²) in [6.45, 7) is 4.11. The molecule has 0 spiro atoms. The number of halogens is 1. The first kappa shape index (κ1) is 19.4. The third kappa shape index (κ3) is 4.86. The topological polar surface area (TPSA) is 65.9 Å². The zero-order chi connectivity index (χ0) is 19.3. The van der Waals surface area contributed by atoms with Gasteiger partial charge in [0.1, 0.15) is 0 Å². The van der Waals surface area contributed by atoms with Gasteiger partial charge in [0.15, 0.2) is 17.5 Å². The summed E-state index contributed by atoms with van der Waals surface area (Å²) in [5, 5.41) is 17.4. The van der Waals surface area contributed by atoms with E-state index < -0.39 is 0 Å². The van der Waals surface area contributed by atoms with Crippen molar-refractivity contribution in [3.63, 3.8) is 0 Å². The van der Waals surface area contributed by atoms with E-state index in [9.17, 15) is 5.11 Å². The fraction of sp³-hybridized carbons (Fsp3) is 0.381. The monoisotopic (exact) mass is 387 g/mol. The summed E-state index contributed by atoms with van der Waals surface area (Å²) >= 11 is 6.16. The molecule has 2 aromatic carbocycles. The number of phenolic OH excluding ortho intramolecular Hbond substituents is 1. The van der Waals surface area contributed by atoms with Gasteiger partial charge in [-0.05, 0) is 55.2 Å².